The Kier molecular flexibility index (Phi) is 11.5. The van der Waals surface area contributed by atoms with Crippen molar-refractivity contribution < 1.29 is 14.3 Å². The molecule has 2 amide bonds. The van der Waals surface area contributed by atoms with E-state index in [1.54, 1.807) is 0 Å². The number of H-pyrrole nitrogens is 1. The number of hydrogen-bond donors (Lipinski definition) is 1. The van der Waals surface area contributed by atoms with Gasteiger partial charge in [-0.05, 0) is 61.9 Å². The molecule has 1 N–H and O–H groups in total. The lowest BCUT2D eigenvalue weighted by Crippen LogP contribution is -2.44. The van der Waals surface area contributed by atoms with Crippen molar-refractivity contribution in [1.82, 2.24) is 14.8 Å². The molecule has 0 aliphatic heterocycles. The maximum Gasteiger partial charge on any atom is 0.242 e. The van der Waals surface area contributed by atoms with Gasteiger partial charge in [0.2, 0.25) is 11.8 Å². The lowest BCUT2D eigenvalue weighted by Gasteiger charge is -2.28. The zero-order chi connectivity index (χ0) is 28.2. The van der Waals surface area contributed by atoms with Crippen LogP contribution in [-0.4, -0.2) is 52.3 Å². The first-order valence-corrected chi connectivity index (χ1v) is 15.4. The molecule has 1 aliphatic rings. The van der Waals surface area contributed by atoms with Crippen molar-refractivity contribution in [2.45, 2.75) is 97.1 Å². The topological polar surface area (TPSA) is 65.6 Å². The SMILES string of the molecule is CCCCCCCCCC(=O)N(CC(=O)N(CCc1c[nH]c2ccccc12)Cc1ccc(OCC)cc1)C1CC1. The lowest BCUT2D eigenvalue weighted by molar-refractivity contribution is -0.141. The maximum atomic E-state index is 13.8. The summed E-state index contributed by atoms with van der Waals surface area (Å²) < 4.78 is 5.60. The summed E-state index contributed by atoms with van der Waals surface area (Å²) in [5.41, 5.74) is 3.37. The first kappa shape index (κ1) is 29.7. The van der Waals surface area contributed by atoms with Gasteiger partial charge in [0.25, 0.3) is 0 Å². The summed E-state index contributed by atoms with van der Waals surface area (Å²) in [7, 11) is 0. The van der Waals surface area contributed by atoms with Crippen LogP contribution in [0.15, 0.2) is 54.7 Å². The lowest BCUT2D eigenvalue weighted by atomic mass is 10.1. The number of unbranched alkanes of at least 4 members (excludes halogenated alkanes) is 6. The van der Waals surface area contributed by atoms with Gasteiger partial charge in [-0.15, -0.1) is 0 Å². The second-order valence-electron chi connectivity index (χ2n) is 11.1. The van der Waals surface area contributed by atoms with Gasteiger partial charge in [-0.2, -0.15) is 0 Å². The normalized spacial score (nSPS) is 12.9. The highest BCUT2D eigenvalue weighted by Crippen LogP contribution is 2.28. The monoisotopic (exact) mass is 545 g/mol. The Labute approximate surface area is 240 Å². The molecule has 0 atom stereocenters. The molecule has 0 saturated heterocycles. The van der Waals surface area contributed by atoms with Gasteiger partial charge in [0, 0.05) is 42.7 Å². The fraction of sp³-hybridized carbons (Fsp3) is 0.529. The van der Waals surface area contributed by atoms with Crippen molar-refractivity contribution in [3.05, 3.63) is 65.9 Å². The highest BCUT2D eigenvalue weighted by atomic mass is 16.5. The number of benzene rings is 2. The molecule has 0 spiro atoms. The summed E-state index contributed by atoms with van der Waals surface area (Å²) in [5, 5.41) is 1.19. The zero-order valence-electron chi connectivity index (χ0n) is 24.5. The minimum absolute atomic E-state index is 0.0218. The first-order valence-electron chi connectivity index (χ1n) is 15.4. The molecular weight excluding hydrogens is 498 g/mol. The molecule has 1 fully saturated rings. The molecule has 4 rings (SSSR count). The van der Waals surface area contributed by atoms with Crippen molar-refractivity contribution in [3.8, 4) is 5.75 Å². The van der Waals surface area contributed by atoms with E-state index in [9.17, 15) is 9.59 Å². The molecule has 1 saturated carbocycles. The van der Waals surface area contributed by atoms with Gasteiger partial charge in [0.15, 0.2) is 0 Å². The van der Waals surface area contributed by atoms with E-state index in [0.29, 0.717) is 26.1 Å². The number of nitrogens with one attached hydrogen (secondary N) is 1. The van der Waals surface area contributed by atoms with Gasteiger partial charge in [-0.3, -0.25) is 9.59 Å². The Morgan fingerprint density at radius 1 is 0.900 bits per heavy atom. The van der Waals surface area contributed by atoms with Crippen LogP contribution in [0, 0.1) is 0 Å². The molecule has 216 valence electrons. The molecule has 3 aromatic rings. The fourth-order valence-electron chi connectivity index (χ4n) is 5.39. The first-order chi connectivity index (χ1) is 19.6. The van der Waals surface area contributed by atoms with E-state index in [1.165, 1.54) is 43.1 Å². The second kappa shape index (κ2) is 15.5. The molecule has 0 unspecified atom stereocenters. The zero-order valence-corrected chi connectivity index (χ0v) is 24.5. The third kappa shape index (κ3) is 8.87. The largest absolute Gasteiger partial charge is 0.494 e. The highest BCUT2D eigenvalue weighted by Gasteiger charge is 2.34. The van der Waals surface area contributed by atoms with E-state index in [1.807, 2.05) is 59.3 Å². The number of rotatable bonds is 18. The van der Waals surface area contributed by atoms with Crippen LogP contribution in [0.5, 0.6) is 5.75 Å². The van der Waals surface area contributed by atoms with Gasteiger partial charge in [-0.1, -0.05) is 75.8 Å². The molecule has 6 nitrogen and oxygen atoms in total. The number of aromatic amines is 1. The Hall–Kier alpha value is -3.28. The predicted molar refractivity (Wildman–Crippen MR) is 162 cm³/mol. The Balaban J connectivity index is 1.39. The van der Waals surface area contributed by atoms with Crippen LogP contribution in [0.25, 0.3) is 10.9 Å². The molecule has 0 radical (unpaired) electrons. The molecular formula is C34H47N3O3. The van der Waals surface area contributed by atoms with Crippen LogP contribution in [0.1, 0.15) is 89.2 Å². The predicted octanol–water partition coefficient (Wildman–Crippen LogP) is 7.27. The number of nitrogens with zero attached hydrogens (tertiary/aromatic N) is 2. The summed E-state index contributed by atoms with van der Waals surface area (Å²) in [5.74, 6) is 0.995. The average Bonchev–Trinajstić information content (AvgIpc) is 3.73. The van der Waals surface area contributed by atoms with Gasteiger partial charge in [0.1, 0.15) is 12.3 Å². The van der Waals surface area contributed by atoms with Crippen LogP contribution < -0.4 is 4.74 Å². The number of carbonyl (C=O) groups excluding carboxylic acids is 2. The third-order valence-electron chi connectivity index (χ3n) is 7.89. The van der Waals surface area contributed by atoms with E-state index in [4.69, 9.17) is 4.74 Å². The van der Waals surface area contributed by atoms with Crippen LogP contribution in [-0.2, 0) is 22.6 Å². The van der Waals surface area contributed by atoms with E-state index in [-0.39, 0.29) is 24.4 Å². The van der Waals surface area contributed by atoms with E-state index >= 15 is 0 Å². The van der Waals surface area contributed by atoms with E-state index < -0.39 is 0 Å². The Morgan fingerprint density at radius 2 is 1.62 bits per heavy atom. The van der Waals surface area contributed by atoms with Crippen molar-refractivity contribution in [2.24, 2.45) is 0 Å². The number of carbonyl (C=O) groups is 2. The number of fused-ring (bicyclic) bond motifs is 1. The van der Waals surface area contributed by atoms with Crippen molar-refractivity contribution in [2.75, 3.05) is 19.7 Å². The summed E-state index contributed by atoms with van der Waals surface area (Å²) >= 11 is 0. The summed E-state index contributed by atoms with van der Waals surface area (Å²) in [6, 6.07) is 16.5. The fourth-order valence-corrected chi connectivity index (χ4v) is 5.39. The summed E-state index contributed by atoms with van der Waals surface area (Å²) in [6.07, 6.45) is 13.6. The number of ether oxygens (including phenoxy) is 1. The van der Waals surface area contributed by atoms with Gasteiger partial charge >= 0.3 is 0 Å². The minimum Gasteiger partial charge on any atom is -0.494 e. The van der Waals surface area contributed by atoms with E-state index in [0.717, 1.165) is 48.9 Å². The van der Waals surface area contributed by atoms with Gasteiger partial charge in [0.05, 0.1) is 6.61 Å². The molecule has 0 bridgehead atoms. The molecule has 1 aliphatic carbocycles. The van der Waals surface area contributed by atoms with Crippen LogP contribution in [0.2, 0.25) is 0 Å². The van der Waals surface area contributed by atoms with Crippen molar-refractivity contribution in [1.29, 1.82) is 0 Å². The van der Waals surface area contributed by atoms with Crippen molar-refractivity contribution >= 4 is 22.7 Å². The molecule has 2 aromatic carbocycles. The molecule has 40 heavy (non-hydrogen) atoms. The quantitative estimate of drug-likeness (QED) is 0.171. The molecule has 1 heterocycles. The van der Waals surface area contributed by atoms with Crippen LogP contribution in [0.3, 0.4) is 0 Å². The molecule has 6 heteroatoms. The van der Waals surface area contributed by atoms with E-state index in [2.05, 4.69) is 24.0 Å². The number of amides is 2. The Morgan fingerprint density at radius 3 is 2.35 bits per heavy atom. The van der Waals surface area contributed by atoms with Crippen LogP contribution >= 0.6 is 0 Å². The third-order valence-corrected chi connectivity index (χ3v) is 7.89. The standard InChI is InChI=1S/C34H47N3O3/c1-3-5-6-7-8-9-10-15-33(38)37(29-18-19-29)26-34(39)36(25-27-16-20-30(21-17-27)40-4-2)23-22-28-24-35-32-14-12-11-13-31(28)32/h11-14,16-17,20-21,24,29,35H,3-10,15,18-19,22-23,25-26H2,1-2H3. The summed E-state index contributed by atoms with van der Waals surface area (Å²) in [4.78, 5) is 34.1. The number of para-hydroxylation sites is 1. The second-order valence-corrected chi connectivity index (χ2v) is 11.1. The average molecular weight is 546 g/mol. The van der Waals surface area contributed by atoms with Gasteiger partial charge in [-0.25, -0.2) is 0 Å². The minimum atomic E-state index is 0.0218. The Bertz CT molecular complexity index is 1200. The summed E-state index contributed by atoms with van der Waals surface area (Å²) in [6.45, 7) is 6.10. The molecule has 1 aromatic heterocycles. The maximum absolute atomic E-state index is 13.8. The highest BCUT2D eigenvalue weighted by molar-refractivity contribution is 5.86. The number of hydrogen-bond acceptors (Lipinski definition) is 3. The smallest absolute Gasteiger partial charge is 0.242 e. The van der Waals surface area contributed by atoms with Gasteiger partial charge < -0.3 is 19.5 Å². The van der Waals surface area contributed by atoms with Crippen LogP contribution in [0.4, 0.5) is 0 Å². The number of aromatic nitrogens is 1. The van der Waals surface area contributed by atoms with Crippen molar-refractivity contribution in [3.63, 3.8) is 0 Å².